The van der Waals surface area contributed by atoms with Crippen molar-refractivity contribution in [1.29, 1.82) is 0 Å². The van der Waals surface area contributed by atoms with Gasteiger partial charge in [0.2, 0.25) is 0 Å². The van der Waals surface area contributed by atoms with Gasteiger partial charge < -0.3 is 15.4 Å². The molecule has 0 radical (unpaired) electrons. The van der Waals surface area contributed by atoms with Crippen LogP contribution in [0.25, 0.3) is 0 Å². The molecule has 0 saturated carbocycles. The minimum atomic E-state index is -0.788. The number of H-pyrrole nitrogens is 1. The first-order valence-electron chi connectivity index (χ1n) is 8.24. The molecule has 134 valence electrons. The summed E-state index contributed by atoms with van der Waals surface area (Å²) in [7, 11) is 0. The van der Waals surface area contributed by atoms with E-state index < -0.39 is 17.4 Å². The molecule has 0 aliphatic carbocycles. The molecule has 7 nitrogen and oxygen atoms in total. The summed E-state index contributed by atoms with van der Waals surface area (Å²) in [6, 6.07) is 0. The van der Waals surface area contributed by atoms with Crippen molar-refractivity contribution < 1.29 is 14.7 Å². The van der Waals surface area contributed by atoms with Gasteiger partial charge in [-0.1, -0.05) is 33.6 Å². The van der Waals surface area contributed by atoms with Gasteiger partial charge in [0.15, 0.2) is 0 Å². The van der Waals surface area contributed by atoms with E-state index in [-0.39, 0.29) is 17.4 Å². The average molecular weight is 337 g/mol. The van der Waals surface area contributed by atoms with Gasteiger partial charge in [-0.15, -0.1) is 0 Å². The molecule has 0 aliphatic heterocycles. The number of rotatable bonds is 8. The topological polar surface area (TPSA) is 112 Å². The molecule has 0 fully saturated rings. The van der Waals surface area contributed by atoms with Gasteiger partial charge in [-0.2, -0.15) is 0 Å². The minimum absolute atomic E-state index is 0.0499. The summed E-state index contributed by atoms with van der Waals surface area (Å²) in [6.45, 7) is 7.93. The number of hydrogen-bond donors (Lipinski definition) is 3. The third-order valence-electron chi connectivity index (χ3n) is 3.64. The van der Waals surface area contributed by atoms with Gasteiger partial charge in [-0.3, -0.25) is 14.4 Å². The second-order valence-corrected chi connectivity index (χ2v) is 6.94. The quantitative estimate of drug-likeness (QED) is 0.629. The van der Waals surface area contributed by atoms with Crippen molar-refractivity contribution in [2.45, 2.75) is 65.2 Å². The van der Waals surface area contributed by atoms with Crippen LogP contribution in [0.4, 0.5) is 0 Å². The van der Waals surface area contributed by atoms with Crippen LogP contribution in [0.1, 0.15) is 74.8 Å². The third kappa shape index (κ3) is 6.14. The lowest BCUT2D eigenvalue weighted by atomic mass is 9.95. The standard InChI is InChI=1S/C17H27N3O4/c1-11-13(15(24)20-16(19-11)17(2,3)4)14(23)18-10-8-6-5-7-9-12(21)22/h5-10H2,1-4H3,(H,18,23)(H,21,22)(H,19,20,24). The average Bonchev–Trinajstić information content (AvgIpc) is 2.44. The van der Waals surface area contributed by atoms with Crippen LogP contribution in [0.3, 0.4) is 0 Å². The summed E-state index contributed by atoms with van der Waals surface area (Å²) < 4.78 is 0. The number of carboxylic acid groups (broad SMARTS) is 1. The highest BCUT2D eigenvalue weighted by Gasteiger charge is 2.21. The largest absolute Gasteiger partial charge is 0.481 e. The summed E-state index contributed by atoms with van der Waals surface area (Å²) in [5.74, 6) is -0.656. The van der Waals surface area contributed by atoms with Gasteiger partial charge in [-0.05, 0) is 19.8 Å². The molecule has 0 saturated heterocycles. The van der Waals surface area contributed by atoms with Crippen LogP contribution in [-0.4, -0.2) is 33.5 Å². The fraction of sp³-hybridized carbons (Fsp3) is 0.647. The maximum Gasteiger partial charge on any atom is 0.303 e. The highest BCUT2D eigenvalue weighted by atomic mass is 16.4. The van der Waals surface area contributed by atoms with Gasteiger partial charge in [0.1, 0.15) is 11.4 Å². The number of carbonyl (C=O) groups excluding carboxylic acids is 1. The Hall–Kier alpha value is -2.18. The van der Waals surface area contributed by atoms with Gasteiger partial charge in [-0.25, -0.2) is 4.98 Å². The van der Waals surface area contributed by atoms with Crippen molar-refractivity contribution in [2.75, 3.05) is 6.54 Å². The molecule has 0 aromatic carbocycles. The van der Waals surface area contributed by atoms with Gasteiger partial charge >= 0.3 is 5.97 Å². The number of aromatic amines is 1. The Bertz CT molecular complexity index is 644. The van der Waals surface area contributed by atoms with E-state index in [1.165, 1.54) is 0 Å². The van der Waals surface area contributed by atoms with Crippen LogP contribution in [0.2, 0.25) is 0 Å². The molecule has 0 bridgehead atoms. The van der Waals surface area contributed by atoms with Gasteiger partial charge in [0.05, 0.1) is 5.69 Å². The van der Waals surface area contributed by atoms with Gasteiger partial charge in [0.25, 0.3) is 11.5 Å². The predicted octanol–water partition coefficient (Wildman–Crippen LogP) is 2.14. The second-order valence-electron chi connectivity index (χ2n) is 6.94. The van der Waals surface area contributed by atoms with E-state index in [0.717, 1.165) is 19.3 Å². The number of carbonyl (C=O) groups is 2. The van der Waals surface area contributed by atoms with Crippen molar-refractivity contribution in [3.63, 3.8) is 0 Å². The Labute approximate surface area is 141 Å². The van der Waals surface area contributed by atoms with Crippen molar-refractivity contribution in [3.8, 4) is 0 Å². The zero-order chi connectivity index (χ0) is 18.3. The molecular formula is C17H27N3O4. The maximum absolute atomic E-state index is 12.2. The Morgan fingerprint density at radius 1 is 1.17 bits per heavy atom. The summed E-state index contributed by atoms with van der Waals surface area (Å²) in [4.78, 5) is 41.8. The van der Waals surface area contributed by atoms with E-state index in [2.05, 4.69) is 15.3 Å². The number of aliphatic carboxylic acids is 1. The number of carboxylic acids is 1. The Morgan fingerprint density at radius 2 is 1.79 bits per heavy atom. The van der Waals surface area contributed by atoms with E-state index in [1.54, 1.807) is 6.92 Å². The molecule has 0 atom stereocenters. The molecule has 1 aromatic rings. The van der Waals surface area contributed by atoms with Crippen molar-refractivity contribution >= 4 is 11.9 Å². The second kappa shape index (κ2) is 8.61. The predicted molar refractivity (Wildman–Crippen MR) is 91.3 cm³/mol. The number of nitrogens with one attached hydrogen (secondary N) is 2. The molecule has 1 rings (SSSR count). The Morgan fingerprint density at radius 3 is 2.33 bits per heavy atom. The lowest BCUT2D eigenvalue weighted by molar-refractivity contribution is -0.137. The van der Waals surface area contributed by atoms with E-state index in [1.807, 2.05) is 20.8 Å². The fourth-order valence-corrected chi connectivity index (χ4v) is 2.25. The number of aromatic nitrogens is 2. The zero-order valence-corrected chi connectivity index (χ0v) is 14.9. The molecule has 0 unspecified atom stereocenters. The molecule has 24 heavy (non-hydrogen) atoms. The Kier molecular flexibility index (Phi) is 7.13. The molecule has 0 aliphatic rings. The SMILES string of the molecule is Cc1nc(C(C)(C)C)[nH]c(=O)c1C(=O)NCCCCCCC(=O)O. The van der Waals surface area contributed by atoms with E-state index in [4.69, 9.17) is 5.11 Å². The number of unbranched alkanes of at least 4 members (excludes halogenated alkanes) is 3. The van der Waals surface area contributed by atoms with Crippen molar-refractivity contribution in [2.24, 2.45) is 0 Å². The van der Waals surface area contributed by atoms with Crippen LogP contribution >= 0.6 is 0 Å². The molecule has 1 aromatic heterocycles. The van der Waals surface area contributed by atoms with E-state index in [0.29, 0.717) is 24.5 Å². The lowest BCUT2D eigenvalue weighted by Gasteiger charge is -2.18. The first-order valence-corrected chi connectivity index (χ1v) is 8.24. The monoisotopic (exact) mass is 337 g/mol. The Balaban J connectivity index is 2.54. The van der Waals surface area contributed by atoms with Crippen LogP contribution < -0.4 is 10.9 Å². The lowest BCUT2D eigenvalue weighted by Crippen LogP contribution is -2.34. The highest BCUT2D eigenvalue weighted by molar-refractivity contribution is 5.94. The molecule has 1 heterocycles. The number of nitrogens with zero attached hydrogens (tertiary/aromatic N) is 1. The van der Waals surface area contributed by atoms with Crippen molar-refractivity contribution in [3.05, 3.63) is 27.4 Å². The number of hydrogen-bond acceptors (Lipinski definition) is 4. The van der Waals surface area contributed by atoms with Gasteiger partial charge in [0, 0.05) is 18.4 Å². The molecule has 0 spiro atoms. The molecule has 1 amide bonds. The van der Waals surface area contributed by atoms with E-state index in [9.17, 15) is 14.4 Å². The molecule has 7 heteroatoms. The zero-order valence-electron chi connectivity index (χ0n) is 14.9. The smallest absolute Gasteiger partial charge is 0.303 e. The first kappa shape index (κ1) is 19.9. The summed E-state index contributed by atoms with van der Waals surface area (Å²) >= 11 is 0. The first-order chi connectivity index (χ1) is 11.1. The van der Waals surface area contributed by atoms with E-state index >= 15 is 0 Å². The normalized spacial score (nSPS) is 11.3. The maximum atomic E-state index is 12.2. The molecule has 3 N–H and O–H groups in total. The van der Waals surface area contributed by atoms with Crippen LogP contribution in [0.15, 0.2) is 4.79 Å². The minimum Gasteiger partial charge on any atom is -0.481 e. The van der Waals surface area contributed by atoms with Crippen molar-refractivity contribution in [1.82, 2.24) is 15.3 Å². The van der Waals surface area contributed by atoms with Crippen LogP contribution in [-0.2, 0) is 10.2 Å². The number of aryl methyl sites for hydroxylation is 1. The summed E-state index contributed by atoms with van der Waals surface area (Å²) in [6.07, 6.45) is 3.20. The highest BCUT2D eigenvalue weighted by Crippen LogP contribution is 2.17. The summed E-state index contributed by atoms with van der Waals surface area (Å²) in [5.41, 5.74) is -0.252. The fourth-order valence-electron chi connectivity index (χ4n) is 2.25. The third-order valence-corrected chi connectivity index (χ3v) is 3.64. The summed E-state index contributed by atoms with van der Waals surface area (Å²) in [5, 5.41) is 11.3. The number of amides is 1. The molecular weight excluding hydrogens is 310 g/mol. The van der Waals surface area contributed by atoms with Crippen LogP contribution in [0.5, 0.6) is 0 Å². The van der Waals surface area contributed by atoms with Crippen LogP contribution in [0, 0.1) is 6.92 Å².